The summed E-state index contributed by atoms with van der Waals surface area (Å²) >= 11 is 0. The van der Waals surface area contributed by atoms with Gasteiger partial charge < -0.3 is 10.1 Å². The van der Waals surface area contributed by atoms with E-state index < -0.39 is 9.84 Å². The third kappa shape index (κ3) is 4.62. The summed E-state index contributed by atoms with van der Waals surface area (Å²) < 4.78 is 41.1. The molecule has 4 nitrogen and oxygen atoms in total. The molecule has 102 valence electrons. The first-order valence-corrected chi connectivity index (χ1v) is 7.57. The second-order valence-corrected chi connectivity index (χ2v) is 6.34. The van der Waals surface area contributed by atoms with Crippen molar-refractivity contribution in [3.05, 3.63) is 29.6 Å². The largest absolute Gasteiger partial charge is 0.492 e. The van der Waals surface area contributed by atoms with Crippen LogP contribution in [0.25, 0.3) is 0 Å². The fraction of sp³-hybridized carbons (Fsp3) is 0.500. The van der Waals surface area contributed by atoms with E-state index in [1.54, 1.807) is 14.0 Å². The Bertz CT molecular complexity index is 488. The first-order chi connectivity index (χ1) is 8.48. The lowest BCUT2D eigenvalue weighted by molar-refractivity contribution is 0.336. The summed E-state index contributed by atoms with van der Waals surface area (Å²) in [6.07, 6.45) is 0. The second kappa shape index (κ2) is 6.70. The Morgan fingerprint density at radius 1 is 1.39 bits per heavy atom. The molecular weight excluding hydrogens is 257 g/mol. The molecule has 18 heavy (non-hydrogen) atoms. The highest BCUT2D eigenvalue weighted by Crippen LogP contribution is 2.19. The maximum absolute atomic E-state index is 13.1. The zero-order chi connectivity index (χ0) is 13.6. The number of ether oxygens (including phenoxy) is 1. The smallest absolute Gasteiger partial charge is 0.153 e. The molecule has 0 aliphatic carbocycles. The molecule has 0 heterocycles. The predicted octanol–water partition coefficient (Wildman–Crippen LogP) is 1.36. The summed E-state index contributed by atoms with van der Waals surface area (Å²) in [5.41, 5.74) is 0.673. The fourth-order valence-electron chi connectivity index (χ4n) is 1.44. The Balaban J connectivity index is 2.67. The van der Waals surface area contributed by atoms with Crippen molar-refractivity contribution in [1.82, 2.24) is 5.32 Å². The molecule has 0 bridgehead atoms. The molecule has 0 radical (unpaired) electrons. The first kappa shape index (κ1) is 14.9. The molecule has 1 rings (SSSR count). The first-order valence-electron chi connectivity index (χ1n) is 5.74. The highest BCUT2D eigenvalue weighted by Gasteiger charge is 2.09. The van der Waals surface area contributed by atoms with E-state index in [-0.39, 0.29) is 23.9 Å². The van der Waals surface area contributed by atoms with Crippen molar-refractivity contribution in [2.75, 3.05) is 25.2 Å². The van der Waals surface area contributed by atoms with E-state index in [2.05, 4.69) is 5.32 Å². The zero-order valence-electron chi connectivity index (χ0n) is 10.6. The van der Waals surface area contributed by atoms with Crippen LogP contribution in [0.5, 0.6) is 5.75 Å². The Labute approximate surface area is 107 Å². The van der Waals surface area contributed by atoms with Gasteiger partial charge in [-0.05, 0) is 25.2 Å². The highest BCUT2D eigenvalue weighted by atomic mass is 32.2. The van der Waals surface area contributed by atoms with Gasteiger partial charge >= 0.3 is 0 Å². The van der Waals surface area contributed by atoms with Gasteiger partial charge in [0.1, 0.15) is 18.2 Å². The normalized spacial score (nSPS) is 11.5. The third-order valence-electron chi connectivity index (χ3n) is 2.48. The van der Waals surface area contributed by atoms with Crippen molar-refractivity contribution in [2.24, 2.45) is 0 Å². The number of hydrogen-bond acceptors (Lipinski definition) is 4. The van der Waals surface area contributed by atoms with Crippen LogP contribution in [0.15, 0.2) is 18.2 Å². The molecule has 0 spiro atoms. The van der Waals surface area contributed by atoms with Gasteiger partial charge in [-0.2, -0.15) is 0 Å². The Morgan fingerprint density at radius 3 is 2.72 bits per heavy atom. The number of nitrogens with one attached hydrogen (secondary N) is 1. The summed E-state index contributed by atoms with van der Waals surface area (Å²) in [4.78, 5) is 0. The Morgan fingerprint density at radius 2 is 2.11 bits per heavy atom. The second-order valence-electron chi connectivity index (χ2n) is 3.87. The molecule has 1 N–H and O–H groups in total. The zero-order valence-corrected chi connectivity index (χ0v) is 11.4. The van der Waals surface area contributed by atoms with E-state index in [4.69, 9.17) is 4.74 Å². The fourth-order valence-corrected chi connectivity index (χ4v) is 2.07. The lowest BCUT2D eigenvalue weighted by Gasteiger charge is -2.11. The maximum Gasteiger partial charge on any atom is 0.153 e. The minimum Gasteiger partial charge on any atom is -0.492 e. The summed E-state index contributed by atoms with van der Waals surface area (Å²) in [6.45, 7) is 2.14. The van der Waals surface area contributed by atoms with Crippen LogP contribution in [-0.4, -0.2) is 33.6 Å². The molecule has 1 aromatic rings. The van der Waals surface area contributed by atoms with Crippen molar-refractivity contribution < 1.29 is 17.5 Å². The number of halogens is 1. The summed E-state index contributed by atoms with van der Waals surface area (Å²) in [7, 11) is -1.29. The van der Waals surface area contributed by atoms with Gasteiger partial charge in [-0.25, -0.2) is 12.8 Å². The molecule has 6 heteroatoms. The summed E-state index contributed by atoms with van der Waals surface area (Å²) in [6, 6.07) is 4.18. The minimum absolute atomic E-state index is 0.0279. The van der Waals surface area contributed by atoms with Crippen molar-refractivity contribution in [3.8, 4) is 5.75 Å². The topological polar surface area (TPSA) is 55.4 Å². The van der Waals surface area contributed by atoms with Crippen LogP contribution in [0.1, 0.15) is 12.5 Å². The van der Waals surface area contributed by atoms with Gasteiger partial charge in [0.05, 0.1) is 5.75 Å². The SMILES string of the molecule is CCS(=O)(=O)CCOc1ccc(F)cc1CNC. The van der Waals surface area contributed by atoms with Crippen LogP contribution in [0.4, 0.5) is 4.39 Å². The van der Waals surface area contributed by atoms with Crippen molar-refractivity contribution in [3.63, 3.8) is 0 Å². The van der Waals surface area contributed by atoms with Gasteiger partial charge in [-0.1, -0.05) is 6.92 Å². The number of rotatable bonds is 7. The molecule has 0 unspecified atom stereocenters. The summed E-state index contributed by atoms with van der Waals surface area (Å²) in [5, 5.41) is 2.90. The van der Waals surface area contributed by atoms with Gasteiger partial charge in [-0.3, -0.25) is 0 Å². The highest BCUT2D eigenvalue weighted by molar-refractivity contribution is 7.91. The number of hydrogen-bond donors (Lipinski definition) is 1. The predicted molar refractivity (Wildman–Crippen MR) is 69.0 cm³/mol. The Kier molecular flexibility index (Phi) is 5.55. The average Bonchev–Trinajstić information content (AvgIpc) is 2.32. The van der Waals surface area contributed by atoms with E-state index >= 15 is 0 Å². The van der Waals surface area contributed by atoms with E-state index in [0.29, 0.717) is 17.9 Å². The molecule has 0 saturated heterocycles. The van der Waals surface area contributed by atoms with Gasteiger partial charge in [0.15, 0.2) is 9.84 Å². The standard InChI is InChI=1S/C12H18FNO3S/c1-3-18(15,16)7-6-17-12-5-4-11(13)8-10(12)9-14-2/h4-5,8,14H,3,6-7,9H2,1-2H3. The maximum atomic E-state index is 13.1. The molecule has 0 aromatic heterocycles. The Hall–Kier alpha value is -1.14. The molecule has 0 fully saturated rings. The van der Waals surface area contributed by atoms with Crippen LogP contribution >= 0.6 is 0 Å². The van der Waals surface area contributed by atoms with E-state index in [1.807, 2.05) is 0 Å². The number of benzene rings is 1. The summed E-state index contributed by atoms with van der Waals surface area (Å²) in [5.74, 6) is 0.245. The number of sulfone groups is 1. The van der Waals surface area contributed by atoms with Crippen LogP contribution < -0.4 is 10.1 Å². The van der Waals surface area contributed by atoms with Crippen LogP contribution in [0, 0.1) is 5.82 Å². The monoisotopic (exact) mass is 275 g/mol. The average molecular weight is 275 g/mol. The molecule has 1 aromatic carbocycles. The van der Waals surface area contributed by atoms with Crippen LogP contribution in [0.2, 0.25) is 0 Å². The van der Waals surface area contributed by atoms with E-state index in [1.165, 1.54) is 18.2 Å². The third-order valence-corrected chi connectivity index (χ3v) is 4.15. The molecule has 0 amide bonds. The van der Waals surface area contributed by atoms with Gasteiger partial charge in [0.2, 0.25) is 0 Å². The van der Waals surface area contributed by atoms with Gasteiger partial charge in [-0.15, -0.1) is 0 Å². The minimum atomic E-state index is -3.04. The van der Waals surface area contributed by atoms with E-state index in [9.17, 15) is 12.8 Å². The van der Waals surface area contributed by atoms with Crippen molar-refractivity contribution in [2.45, 2.75) is 13.5 Å². The lowest BCUT2D eigenvalue weighted by atomic mass is 10.2. The lowest BCUT2D eigenvalue weighted by Crippen LogP contribution is -2.16. The molecule has 0 aliphatic rings. The quantitative estimate of drug-likeness (QED) is 0.816. The van der Waals surface area contributed by atoms with E-state index in [0.717, 1.165) is 0 Å². The van der Waals surface area contributed by atoms with Crippen LogP contribution in [0.3, 0.4) is 0 Å². The molecule has 0 aliphatic heterocycles. The van der Waals surface area contributed by atoms with Gasteiger partial charge in [0.25, 0.3) is 0 Å². The van der Waals surface area contributed by atoms with Crippen molar-refractivity contribution >= 4 is 9.84 Å². The molecular formula is C12H18FNO3S. The van der Waals surface area contributed by atoms with Gasteiger partial charge in [0, 0.05) is 17.9 Å². The van der Waals surface area contributed by atoms with Crippen molar-refractivity contribution in [1.29, 1.82) is 0 Å². The van der Waals surface area contributed by atoms with Crippen LogP contribution in [-0.2, 0) is 16.4 Å². The molecule has 0 atom stereocenters. The molecule has 0 saturated carbocycles.